The highest BCUT2D eigenvalue weighted by Gasteiger charge is 2.51. The molecule has 14 heteroatoms. The van der Waals surface area contributed by atoms with Crippen LogP contribution in [0.1, 0.15) is 138 Å². The van der Waals surface area contributed by atoms with E-state index < -0.39 is 55.8 Å². The summed E-state index contributed by atoms with van der Waals surface area (Å²) >= 11 is 0. The molecule has 0 radical (unpaired) electrons. The second-order valence-corrected chi connectivity index (χ2v) is 16.1. The molecule has 0 unspecified atom stereocenters. The number of methoxy groups -OCH3 is 2. The van der Waals surface area contributed by atoms with Crippen LogP contribution in [0.15, 0.2) is 36.7 Å². The number of ether oxygens (including phenoxy) is 2. The molecule has 2 saturated heterocycles. The minimum Gasteiger partial charge on any atom is -0.453 e. The quantitative estimate of drug-likeness (QED) is 0.172. The Hall–Kier alpha value is -4.88. The zero-order chi connectivity index (χ0) is 46.6. The minimum atomic E-state index is -3.76. The maximum absolute atomic E-state index is 14.3. The van der Waals surface area contributed by atoms with Gasteiger partial charge in [0.2, 0.25) is 11.8 Å². The number of hydrogen-bond donors (Lipinski definition) is 4. The topological polar surface area (TPSA) is 175 Å². The van der Waals surface area contributed by atoms with Crippen LogP contribution in [0.4, 0.5) is 9.59 Å². The summed E-state index contributed by atoms with van der Waals surface area (Å²) < 4.78 is 75.1. The van der Waals surface area contributed by atoms with E-state index in [9.17, 15) is 19.2 Å². The van der Waals surface area contributed by atoms with E-state index in [0.717, 1.165) is 80.3 Å². The third kappa shape index (κ3) is 7.38. The smallest absolute Gasteiger partial charge is 0.407 e. The number of nitrogens with one attached hydrogen (secondary N) is 4. The third-order valence-corrected chi connectivity index (χ3v) is 12.8. The molecular formula is C42H58N8O6. The number of rotatable bonds is 11. The van der Waals surface area contributed by atoms with Crippen LogP contribution in [0.3, 0.4) is 0 Å². The Kier molecular flexibility index (Phi) is 8.62. The Balaban J connectivity index is 1.03. The van der Waals surface area contributed by atoms with Gasteiger partial charge in [0.05, 0.1) is 39.6 Å². The highest BCUT2D eigenvalue weighted by molar-refractivity contribution is 5.87. The Morgan fingerprint density at radius 1 is 0.804 bits per heavy atom. The largest absolute Gasteiger partial charge is 0.453 e. The standard InChI is InChI=1S/C42H58N8O6/c1-25(2)33(47-39(53)55-5)37(51)49-21-7-9-30(49)35-43-23-29(45-35)27-11-13-28(14-12-27)41-15-18-42(19-16-41,20-17-41)32-24-44-36(46-32)31-10-8-22-50(31)38(52)34(26(3)4)48-40(54)56-6/h11-14,23-26,30-31,33-34H,7-10,15-22H2,1-6H3,(H,43,45)(H,44,46)(H,47,53)(H,48,54)/t30-,31-,33-,34+,41?,42?/m0/s1/i3D3,4D3,26D,34D. The van der Waals surface area contributed by atoms with Crippen LogP contribution in [-0.4, -0.2) is 93.1 Å². The fourth-order valence-electron chi connectivity index (χ4n) is 9.46. The molecule has 8 rings (SSSR count). The van der Waals surface area contributed by atoms with Crippen LogP contribution in [0, 0.1) is 11.8 Å². The molecule has 0 spiro atoms. The number of alkyl carbamates (subject to hydrolysis) is 2. The Bertz CT molecular complexity index is 2190. The first-order valence-corrected chi connectivity index (χ1v) is 19.6. The van der Waals surface area contributed by atoms with Gasteiger partial charge >= 0.3 is 12.2 Å². The highest BCUT2D eigenvalue weighted by Crippen LogP contribution is 2.58. The molecule has 302 valence electrons. The Morgan fingerprint density at radius 2 is 1.36 bits per heavy atom. The predicted octanol–water partition coefficient (Wildman–Crippen LogP) is 6.43. The van der Waals surface area contributed by atoms with Crippen LogP contribution < -0.4 is 10.6 Å². The van der Waals surface area contributed by atoms with Crippen molar-refractivity contribution in [2.75, 3.05) is 27.3 Å². The second-order valence-electron chi connectivity index (χ2n) is 16.1. The molecule has 1 aromatic carbocycles. The van der Waals surface area contributed by atoms with Crippen LogP contribution >= 0.6 is 0 Å². The van der Waals surface area contributed by atoms with Gasteiger partial charge in [-0.2, -0.15) is 0 Å². The van der Waals surface area contributed by atoms with E-state index in [2.05, 4.69) is 49.3 Å². The first kappa shape index (κ1) is 30.3. The van der Waals surface area contributed by atoms with Gasteiger partial charge in [-0.25, -0.2) is 19.6 Å². The van der Waals surface area contributed by atoms with Crippen molar-refractivity contribution in [2.24, 2.45) is 11.8 Å². The molecule has 4 atom stereocenters. The Labute approximate surface area is 340 Å². The summed E-state index contributed by atoms with van der Waals surface area (Å²) in [4.78, 5) is 71.6. The van der Waals surface area contributed by atoms with Crippen LogP contribution in [0.5, 0.6) is 0 Å². The molecule has 3 saturated carbocycles. The van der Waals surface area contributed by atoms with E-state index in [4.69, 9.17) is 20.7 Å². The van der Waals surface area contributed by atoms with Gasteiger partial charge in [0.25, 0.3) is 0 Å². The summed E-state index contributed by atoms with van der Waals surface area (Å²) in [5.41, 5.74) is 3.78. The number of benzene rings is 1. The normalized spacial score (nSPS) is 29.0. The monoisotopic (exact) mass is 778 g/mol. The van der Waals surface area contributed by atoms with Crippen molar-refractivity contribution in [3.63, 3.8) is 0 Å². The van der Waals surface area contributed by atoms with Gasteiger partial charge in [0.15, 0.2) is 0 Å². The van der Waals surface area contributed by atoms with E-state index in [0.29, 0.717) is 31.0 Å². The average Bonchev–Trinajstić information content (AvgIpc) is 4.11. The third-order valence-electron chi connectivity index (χ3n) is 12.8. The van der Waals surface area contributed by atoms with Crippen molar-refractivity contribution in [1.29, 1.82) is 0 Å². The fourth-order valence-corrected chi connectivity index (χ4v) is 9.46. The number of hydrogen-bond acceptors (Lipinski definition) is 8. The summed E-state index contributed by atoms with van der Waals surface area (Å²) in [5, 5.41) is 4.51. The molecule has 4 heterocycles. The number of aromatic nitrogens is 4. The first-order valence-electron chi connectivity index (χ1n) is 23.6. The summed E-state index contributed by atoms with van der Waals surface area (Å²) in [7, 11) is 2.19. The molecule has 5 aliphatic rings. The number of amides is 4. The molecule has 2 aromatic heterocycles. The van der Waals surface area contributed by atoms with E-state index in [1.807, 2.05) is 19.2 Å². The minimum absolute atomic E-state index is 0.00869. The zero-order valence-electron chi connectivity index (χ0n) is 40.5. The summed E-state index contributed by atoms with van der Waals surface area (Å²) in [5.74, 6) is -4.31. The van der Waals surface area contributed by atoms with Gasteiger partial charge in [0.1, 0.15) is 23.7 Å². The van der Waals surface area contributed by atoms with Gasteiger partial charge < -0.3 is 39.9 Å². The Morgan fingerprint density at radius 3 is 1.95 bits per heavy atom. The van der Waals surface area contributed by atoms with Crippen molar-refractivity contribution >= 4 is 24.0 Å². The molecule has 5 fully saturated rings. The van der Waals surface area contributed by atoms with Crippen molar-refractivity contribution in [1.82, 2.24) is 40.4 Å². The summed E-state index contributed by atoms with van der Waals surface area (Å²) in [6.07, 6.45) is 9.33. The molecule has 4 N–H and O–H groups in total. The predicted molar refractivity (Wildman–Crippen MR) is 209 cm³/mol. The van der Waals surface area contributed by atoms with Crippen molar-refractivity contribution in [3.05, 3.63) is 59.6 Å². The molecular weight excluding hydrogens is 713 g/mol. The molecule has 4 amide bonds. The zero-order valence-corrected chi connectivity index (χ0v) is 32.5. The van der Waals surface area contributed by atoms with E-state index in [1.165, 1.54) is 12.7 Å². The van der Waals surface area contributed by atoms with E-state index >= 15 is 0 Å². The van der Waals surface area contributed by atoms with E-state index in [1.54, 1.807) is 17.3 Å². The maximum Gasteiger partial charge on any atom is 0.407 e. The fraction of sp³-hybridized carbons (Fsp3) is 0.619. The van der Waals surface area contributed by atoms with Crippen LogP contribution in [-0.2, 0) is 29.9 Å². The van der Waals surface area contributed by atoms with Gasteiger partial charge in [-0.3, -0.25) is 9.59 Å². The average molecular weight is 779 g/mol. The lowest BCUT2D eigenvalue weighted by atomic mass is 9.51. The molecule has 3 aromatic rings. The number of carbonyl (C=O) groups excluding carboxylic acids is 4. The van der Waals surface area contributed by atoms with Gasteiger partial charge in [-0.15, -0.1) is 0 Å². The lowest BCUT2D eigenvalue weighted by Crippen LogP contribution is -2.51. The van der Waals surface area contributed by atoms with Gasteiger partial charge in [-0.1, -0.05) is 51.8 Å². The SMILES string of the molecule is [2H]C([2H])([2H])C([2H])(C([2H])([2H])[2H])[C@@]([2H])(NC(=O)OC)C(=O)N1CCC[C@H]1c1ncc(C23CCC(c4ccc(-c5cnc([C@@H]6CCCN6C(=O)[C@@H](NC(=O)OC)C(C)C)[nH]5)cc4)(CC2)CC3)[nH]1. The number of fused-ring (bicyclic) bond motifs is 3. The molecule has 2 aliphatic heterocycles. The summed E-state index contributed by atoms with van der Waals surface area (Å²) in [6.45, 7) is -3.04. The number of nitrogens with zero attached hydrogens (tertiary/aromatic N) is 4. The molecule has 3 aliphatic carbocycles. The van der Waals surface area contributed by atoms with Gasteiger partial charge in [-0.05, 0) is 92.6 Å². The lowest BCUT2D eigenvalue weighted by Gasteiger charge is -2.53. The molecule has 56 heavy (non-hydrogen) atoms. The molecule has 14 nitrogen and oxygen atoms in total. The van der Waals surface area contributed by atoms with Crippen molar-refractivity contribution in [2.45, 2.75) is 127 Å². The number of H-pyrrole nitrogens is 2. The lowest BCUT2D eigenvalue weighted by molar-refractivity contribution is -0.136. The second kappa shape index (κ2) is 15.9. The molecule has 2 bridgehead atoms. The number of likely N-dealkylation sites (tertiary alicyclic amines) is 2. The summed E-state index contributed by atoms with van der Waals surface area (Å²) in [6, 6.07) is 3.36. The van der Waals surface area contributed by atoms with Crippen LogP contribution in [0.25, 0.3) is 11.3 Å². The number of imidazole rings is 2. The van der Waals surface area contributed by atoms with Crippen LogP contribution in [0.2, 0.25) is 0 Å². The number of aromatic amines is 2. The van der Waals surface area contributed by atoms with Crippen molar-refractivity contribution in [3.8, 4) is 11.3 Å². The van der Waals surface area contributed by atoms with E-state index in [-0.39, 0.29) is 35.2 Å². The number of carbonyl (C=O) groups is 4. The van der Waals surface area contributed by atoms with Crippen molar-refractivity contribution < 1.29 is 39.6 Å². The highest BCUT2D eigenvalue weighted by atomic mass is 16.5. The van der Waals surface area contributed by atoms with Gasteiger partial charge in [0, 0.05) is 40.0 Å². The first-order chi connectivity index (χ1) is 30.0. The maximum atomic E-state index is 14.3.